The molecule has 0 unspecified atom stereocenters. The van der Waals surface area contributed by atoms with Crippen LogP contribution in [0.3, 0.4) is 0 Å². The maximum Gasteiger partial charge on any atom is 0.214 e. The maximum atomic E-state index is 12.1. The standard InChI is InChI=1S/C13H25ClN2O2S/c14-7-4-12-19(17,18)16-10-5-13(6-11-16)15-8-2-1-3-9-15/h13H,1-12H2. The molecule has 0 spiro atoms. The summed E-state index contributed by atoms with van der Waals surface area (Å²) in [5.74, 6) is 0.619. The molecule has 0 bridgehead atoms. The molecule has 0 aliphatic carbocycles. The second-order valence-corrected chi connectivity index (χ2v) is 8.05. The molecule has 2 fully saturated rings. The Hall–Kier alpha value is 0.160. The van der Waals surface area contributed by atoms with Crippen molar-refractivity contribution in [3.63, 3.8) is 0 Å². The molecule has 0 radical (unpaired) electrons. The molecule has 112 valence electrons. The van der Waals surface area contributed by atoms with E-state index in [0.29, 0.717) is 31.4 Å². The van der Waals surface area contributed by atoms with Crippen LogP contribution >= 0.6 is 11.6 Å². The molecular weight excluding hydrogens is 284 g/mol. The van der Waals surface area contributed by atoms with E-state index in [2.05, 4.69) is 4.90 Å². The first kappa shape index (κ1) is 15.5. The Morgan fingerprint density at radius 3 is 2.21 bits per heavy atom. The van der Waals surface area contributed by atoms with Crippen molar-refractivity contribution in [2.24, 2.45) is 0 Å². The summed E-state index contributed by atoms with van der Waals surface area (Å²) in [5, 5.41) is 0. The fourth-order valence-corrected chi connectivity index (χ4v) is 4.96. The lowest BCUT2D eigenvalue weighted by molar-refractivity contribution is 0.118. The molecule has 2 aliphatic rings. The van der Waals surface area contributed by atoms with Gasteiger partial charge < -0.3 is 4.90 Å². The van der Waals surface area contributed by atoms with Crippen molar-refractivity contribution in [2.75, 3.05) is 37.8 Å². The second-order valence-electron chi connectivity index (χ2n) is 5.59. The molecule has 0 aromatic carbocycles. The lowest BCUT2D eigenvalue weighted by Crippen LogP contribution is -2.48. The zero-order valence-electron chi connectivity index (χ0n) is 11.6. The van der Waals surface area contributed by atoms with Crippen LogP contribution in [0.15, 0.2) is 0 Å². The quantitative estimate of drug-likeness (QED) is 0.728. The van der Waals surface area contributed by atoms with E-state index in [0.717, 1.165) is 12.8 Å². The Balaban J connectivity index is 1.81. The van der Waals surface area contributed by atoms with Gasteiger partial charge in [0.1, 0.15) is 0 Å². The van der Waals surface area contributed by atoms with Gasteiger partial charge in [-0.05, 0) is 45.2 Å². The minimum atomic E-state index is -3.07. The van der Waals surface area contributed by atoms with Gasteiger partial charge in [-0.1, -0.05) is 6.42 Å². The van der Waals surface area contributed by atoms with E-state index >= 15 is 0 Å². The molecule has 2 heterocycles. The lowest BCUT2D eigenvalue weighted by Gasteiger charge is -2.39. The van der Waals surface area contributed by atoms with E-state index in [4.69, 9.17) is 11.6 Å². The van der Waals surface area contributed by atoms with Crippen LogP contribution in [-0.4, -0.2) is 61.5 Å². The predicted octanol–water partition coefficient (Wildman–Crippen LogP) is 1.90. The van der Waals surface area contributed by atoms with E-state index in [1.807, 2.05) is 0 Å². The van der Waals surface area contributed by atoms with Crippen LogP contribution in [-0.2, 0) is 10.0 Å². The molecule has 0 atom stereocenters. The van der Waals surface area contributed by atoms with E-state index in [1.165, 1.54) is 32.4 Å². The highest BCUT2D eigenvalue weighted by Gasteiger charge is 2.30. The third-order valence-corrected chi connectivity index (χ3v) is 6.48. The molecule has 4 nitrogen and oxygen atoms in total. The van der Waals surface area contributed by atoms with Crippen LogP contribution in [0.25, 0.3) is 0 Å². The Morgan fingerprint density at radius 1 is 1.00 bits per heavy atom. The monoisotopic (exact) mass is 308 g/mol. The largest absolute Gasteiger partial charge is 0.300 e. The summed E-state index contributed by atoms with van der Waals surface area (Å²) in [6.45, 7) is 3.77. The molecule has 0 aromatic heterocycles. The first-order chi connectivity index (χ1) is 9.13. The highest BCUT2D eigenvalue weighted by Crippen LogP contribution is 2.22. The fourth-order valence-electron chi connectivity index (χ4n) is 3.14. The number of halogens is 1. The summed E-state index contributed by atoms with van der Waals surface area (Å²) in [6, 6.07) is 0.597. The Morgan fingerprint density at radius 2 is 1.63 bits per heavy atom. The first-order valence-electron chi connectivity index (χ1n) is 7.41. The van der Waals surface area contributed by atoms with Crippen molar-refractivity contribution in [1.82, 2.24) is 9.21 Å². The van der Waals surface area contributed by atoms with Crippen LogP contribution in [0.2, 0.25) is 0 Å². The van der Waals surface area contributed by atoms with Crippen LogP contribution in [0, 0.1) is 0 Å². The van der Waals surface area contributed by atoms with Crippen molar-refractivity contribution in [2.45, 2.75) is 44.6 Å². The van der Waals surface area contributed by atoms with Crippen LogP contribution < -0.4 is 0 Å². The Labute approximate surface area is 122 Å². The SMILES string of the molecule is O=S(=O)(CCCCl)N1CCC(N2CCCCC2)CC1. The molecule has 0 saturated carbocycles. The number of piperidine rings is 2. The lowest BCUT2D eigenvalue weighted by atomic mass is 10.0. The van der Waals surface area contributed by atoms with E-state index < -0.39 is 10.0 Å². The van der Waals surface area contributed by atoms with E-state index in [9.17, 15) is 8.42 Å². The highest BCUT2D eigenvalue weighted by molar-refractivity contribution is 7.89. The van der Waals surface area contributed by atoms with Gasteiger partial charge in [-0.25, -0.2) is 12.7 Å². The summed E-state index contributed by atoms with van der Waals surface area (Å²) < 4.78 is 25.8. The fraction of sp³-hybridized carbons (Fsp3) is 1.00. The first-order valence-corrected chi connectivity index (χ1v) is 9.56. The average molecular weight is 309 g/mol. The van der Waals surface area contributed by atoms with Crippen molar-refractivity contribution < 1.29 is 8.42 Å². The van der Waals surface area contributed by atoms with Gasteiger partial charge in [-0.2, -0.15) is 0 Å². The molecule has 2 saturated heterocycles. The number of hydrogen-bond donors (Lipinski definition) is 0. The highest BCUT2D eigenvalue weighted by atomic mass is 35.5. The molecule has 2 rings (SSSR count). The number of sulfonamides is 1. The van der Waals surface area contributed by atoms with Crippen LogP contribution in [0.1, 0.15) is 38.5 Å². The molecule has 6 heteroatoms. The normalized spacial score (nSPS) is 24.7. The minimum Gasteiger partial charge on any atom is -0.300 e. The van der Waals surface area contributed by atoms with Crippen molar-refractivity contribution in [1.29, 1.82) is 0 Å². The van der Waals surface area contributed by atoms with Crippen molar-refractivity contribution in [3.05, 3.63) is 0 Å². The molecule has 19 heavy (non-hydrogen) atoms. The summed E-state index contributed by atoms with van der Waals surface area (Å²) in [4.78, 5) is 2.56. The number of rotatable bonds is 5. The topological polar surface area (TPSA) is 40.6 Å². The summed E-state index contributed by atoms with van der Waals surface area (Å²) in [5.41, 5.74) is 0. The number of nitrogens with zero attached hydrogens (tertiary/aromatic N) is 2. The van der Waals surface area contributed by atoms with Gasteiger partial charge in [0.15, 0.2) is 0 Å². The zero-order valence-corrected chi connectivity index (χ0v) is 13.1. The summed E-state index contributed by atoms with van der Waals surface area (Å²) in [6.07, 6.45) is 6.47. The minimum absolute atomic E-state index is 0.199. The third kappa shape index (κ3) is 4.31. The van der Waals surface area contributed by atoms with E-state index in [-0.39, 0.29) is 5.75 Å². The van der Waals surface area contributed by atoms with Gasteiger partial charge in [0, 0.05) is 25.0 Å². The molecule has 0 N–H and O–H groups in total. The van der Waals surface area contributed by atoms with Crippen LogP contribution in [0.5, 0.6) is 0 Å². The molecule has 2 aliphatic heterocycles. The van der Waals surface area contributed by atoms with Gasteiger partial charge in [0.05, 0.1) is 5.75 Å². The Bertz CT molecular complexity index is 361. The zero-order chi connectivity index (χ0) is 13.7. The molecule has 0 aromatic rings. The molecular formula is C13H25ClN2O2S. The molecule has 0 amide bonds. The van der Waals surface area contributed by atoms with Gasteiger partial charge in [0.2, 0.25) is 10.0 Å². The average Bonchev–Trinajstić information content (AvgIpc) is 2.46. The number of hydrogen-bond acceptors (Lipinski definition) is 3. The smallest absolute Gasteiger partial charge is 0.214 e. The van der Waals surface area contributed by atoms with Gasteiger partial charge in [-0.15, -0.1) is 11.6 Å². The Kier molecular flexibility index (Phi) is 5.93. The maximum absolute atomic E-state index is 12.1. The van der Waals surface area contributed by atoms with Gasteiger partial charge >= 0.3 is 0 Å². The number of likely N-dealkylation sites (tertiary alicyclic amines) is 1. The second kappa shape index (κ2) is 7.25. The van der Waals surface area contributed by atoms with Crippen molar-refractivity contribution in [3.8, 4) is 0 Å². The van der Waals surface area contributed by atoms with Crippen LogP contribution in [0.4, 0.5) is 0 Å². The summed E-state index contributed by atoms with van der Waals surface area (Å²) in [7, 11) is -3.07. The van der Waals surface area contributed by atoms with Gasteiger partial charge in [-0.3, -0.25) is 0 Å². The van der Waals surface area contributed by atoms with Crippen molar-refractivity contribution >= 4 is 21.6 Å². The van der Waals surface area contributed by atoms with E-state index in [1.54, 1.807) is 4.31 Å². The third-order valence-electron chi connectivity index (χ3n) is 4.26. The predicted molar refractivity (Wildman–Crippen MR) is 79.1 cm³/mol. The number of alkyl halides is 1. The summed E-state index contributed by atoms with van der Waals surface area (Å²) >= 11 is 5.58. The van der Waals surface area contributed by atoms with Gasteiger partial charge in [0.25, 0.3) is 0 Å².